The van der Waals surface area contributed by atoms with E-state index in [1.165, 1.54) is 4.31 Å². The molecule has 7 heteroatoms. The third kappa shape index (κ3) is 4.62. The van der Waals surface area contributed by atoms with Gasteiger partial charge in [0.1, 0.15) is 0 Å². The van der Waals surface area contributed by atoms with Crippen molar-refractivity contribution < 1.29 is 13.6 Å². The number of carbonyl (C=O) groups is 1. The number of aryl methyl sites for hydroxylation is 2. The number of carbonyl (C=O) groups excluding carboxylic acids is 1. The number of nitrogens with zero attached hydrogens (tertiary/aromatic N) is 2. The summed E-state index contributed by atoms with van der Waals surface area (Å²) < 4.78 is 25.1. The number of amides is 1. The second-order valence-corrected chi connectivity index (χ2v) is 7.19. The molecule has 6 nitrogen and oxygen atoms in total. The molecule has 0 spiro atoms. The first-order valence-corrected chi connectivity index (χ1v) is 9.73. The number of aromatic nitrogens is 1. The molecule has 0 fully saturated rings. The summed E-state index contributed by atoms with van der Waals surface area (Å²) in [5.41, 5.74) is 3.98. The first kappa shape index (κ1) is 19.7. The van der Waals surface area contributed by atoms with Gasteiger partial charge in [0.15, 0.2) is 0 Å². The van der Waals surface area contributed by atoms with Gasteiger partial charge in [-0.25, -0.2) is 0 Å². The van der Waals surface area contributed by atoms with Crippen LogP contribution in [0, 0.1) is 13.8 Å². The topological polar surface area (TPSA) is 85.4 Å². The second-order valence-electron chi connectivity index (χ2n) is 6.39. The van der Waals surface area contributed by atoms with E-state index in [1.807, 2.05) is 25.1 Å². The van der Waals surface area contributed by atoms with E-state index < -0.39 is 11.3 Å². The Bertz CT molecular complexity index is 992. The smallest absolute Gasteiger partial charge is 0.251 e. The van der Waals surface area contributed by atoms with E-state index in [9.17, 15) is 13.6 Å². The van der Waals surface area contributed by atoms with Crippen molar-refractivity contribution >= 4 is 28.5 Å². The van der Waals surface area contributed by atoms with Gasteiger partial charge in [-0.3, -0.25) is 18.3 Å². The maximum Gasteiger partial charge on any atom is 0.251 e. The van der Waals surface area contributed by atoms with E-state index in [-0.39, 0.29) is 5.91 Å². The minimum Gasteiger partial charge on any atom is -0.755 e. The van der Waals surface area contributed by atoms with Crippen LogP contribution in [0.3, 0.4) is 0 Å². The van der Waals surface area contributed by atoms with Crippen LogP contribution < -0.4 is 9.62 Å². The van der Waals surface area contributed by atoms with Gasteiger partial charge in [-0.1, -0.05) is 29.8 Å². The maximum atomic E-state index is 12.6. The molecular weight excluding hydrogens is 374 g/mol. The fourth-order valence-electron chi connectivity index (χ4n) is 2.74. The van der Waals surface area contributed by atoms with E-state index in [0.29, 0.717) is 23.5 Å². The van der Waals surface area contributed by atoms with Gasteiger partial charge in [-0.2, -0.15) is 0 Å². The van der Waals surface area contributed by atoms with Crippen LogP contribution in [-0.4, -0.2) is 19.7 Å². The molecule has 1 N–H and O–H groups in total. The SMILES string of the molecule is Cc1ccc(N(c2cc(C(=O)NCc3cccnc3)ccc2C)S(=O)[O-])cc1. The monoisotopic (exact) mass is 394 g/mol. The van der Waals surface area contributed by atoms with Crippen LogP contribution >= 0.6 is 0 Å². The average molecular weight is 394 g/mol. The first-order valence-electron chi connectivity index (χ1n) is 8.69. The minimum absolute atomic E-state index is 0.286. The standard InChI is InChI=1S/C21H21N3O3S/c1-15-5-9-19(10-6-15)24(28(26)27)20-12-18(8-7-16(20)2)21(25)23-14-17-4-3-11-22-13-17/h3-13H,14H2,1-2H3,(H,23,25)(H,26,27)/p-1. The molecule has 0 radical (unpaired) electrons. The van der Waals surface area contributed by atoms with Crippen LogP contribution in [0.5, 0.6) is 0 Å². The molecule has 2 aromatic carbocycles. The molecule has 0 aliphatic heterocycles. The molecular formula is C21H20N3O3S-. The fourth-order valence-corrected chi connectivity index (χ4v) is 3.39. The van der Waals surface area contributed by atoms with Crippen LogP contribution in [0.25, 0.3) is 0 Å². The number of nitrogens with one attached hydrogen (secondary N) is 1. The fraction of sp³-hybridized carbons (Fsp3) is 0.143. The summed E-state index contributed by atoms with van der Waals surface area (Å²) in [4.78, 5) is 16.6. The molecule has 1 unspecified atom stereocenters. The van der Waals surface area contributed by atoms with Gasteiger partial charge in [0, 0.05) is 24.5 Å². The van der Waals surface area contributed by atoms with Crippen molar-refractivity contribution in [2.24, 2.45) is 0 Å². The number of benzene rings is 2. The molecule has 3 aromatic rings. The van der Waals surface area contributed by atoms with Gasteiger partial charge in [0.25, 0.3) is 5.91 Å². The van der Waals surface area contributed by atoms with E-state index in [0.717, 1.165) is 16.7 Å². The summed E-state index contributed by atoms with van der Waals surface area (Å²) in [5, 5.41) is 2.83. The molecule has 0 saturated carbocycles. The summed E-state index contributed by atoms with van der Waals surface area (Å²) in [5.74, 6) is -0.286. The van der Waals surface area contributed by atoms with Gasteiger partial charge in [0.05, 0.1) is 22.6 Å². The third-order valence-electron chi connectivity index (χ3n) is 4.28. The zero-order valence-electron chi connectivity index (χ0n) is 15.6. The van der Waals surface area contributed by atoms with Gasteiger partial charge in [-0.15, -0.1) is 0 Å². The second kappa shape index (κ2) is 8.77. The number of hydrogen-bond donors (Lipinski definition) is 1. The van der Waals surface area contributed by atoms with Crippen LogP contribution in [0.2, 0.25) is 0 Å². The summed E-state index contributed by atoms with van der Waals surface area (Å²) in [7, 11) is 0. The number of pyridine rings is 1. The van der Waals surface area contributed by atoms with Crippen molar-refractivity contribution in [3.05, 3.63) is 89.2 Å². The highest BCUT2D eigenvalue weighted by Crippen LogP contribution is 2.30. The van der Waals surface area contributed by atoms with Gasteiger partial charge >= 0.3 is 0 Å². The van der Waals surface area contributed by atoms with Crippen LogP contribution in [0.4, 0.5) is 11.4 Å². The predicted molar refractivity (Wildman–Crippen MR) is 109 cm³/mol. The quantitative estimate of drug-likeness (QED) is 0.648. The molecule has 1 aromatic heterocycles. The zero-order chi connectivity index (χ0) is 20.1. The number of rotatable bonds is 6. The minimum atomic E-state index is -2.53. The Morgan fingerprint density at radius 2 is 1.89 bits per heavy atom. The molecule has 144 valence electrons. The normalized spacial score (nSPS) is 11.7. The Morgan fingerprint density at radius 3 is 2.54 bits per heavy atom. The van der Waals surface area contributed by atoms with Crippen molar-refractivity contribution in [2.75, 3.05) is 4.31 Å². The number of anilines is 2. The van der Waals surface area contributed by atoms with Gasteiger partial charge in [-0.05, 0) is 55.3 Å². The Morgan fingerprint density at radius 1 is 1.14 bits per heavy atom. The Balaban J connectivity index is 1.87. The molecule has 0 bridgehead atoms. The van der Waals surface area contributed by atoms with Gasteiger partial charge < -0.3 is 9.87 Å². The van der Waals surface area contributed by atoms with Crippen molar-refractivity contribution in [3.63, 3.8) is 0 Å². The lowest BCUT2D eigenvalue weighted by molar-refractivity contribution is 0.0951. The molecule has 28 heavy (non-hydrogen) atoms. The Labute approximate surface area is 166 Å². The molecule has 1 heterocycles. The highest BCUT2D eigenvalue weighted by Gasteiger charge is 2.16. The molecule has 1 atom stereocenters. The summed E-state index contributed by atoms with van der Waals surface area (Å²) in [6.07, 6.45) is 3.35. The Kier molecular flexibility index (Phi) is 6.18. The van der Waals surface area contributed by atoms with Crippen molar-refractivity contribution in [2.45, 2.75) is 20.4 Å². The molecule has 1 amide bonds. The molecule has 0 saturated heterocycles. The molecule has 3 rings (SSSR count). The first-order chi connectivity index (χ1) is 13.5. The molecule has 0 aliphatic carbocycles. The van der Waals surface area contributed by atoms with Crippen LogP contribution in [0.15, 0.2) is 67.0 Å². The van der Waals surface area contributed by atoms with E-state index in [2.05, 4.69) is 10.3 Å². The molecule has 0 aliphatic rings. The van der Waals surface area contributed by atoms with Crippen molar-refractivity contribution in [1.29, 1.82) is 0 Å². The zero-order valence-corrected chi connectivity index (χ0v) is 16.4. The van der Waals surface area contributed by atoms with E-state index >= 15 is 0 Å². The van der Waals surface area contributed by atoms with Gasteiger partial charge in [0.2, 0.25) is 0 Å². The maximum absolute atomic E-state index is 12.6. The van der Waals surface area contributed by atoms with Crippen molar-refractivity contribution in [1.82, 2.24) is 10.3 Å². The van der Waals surface area contributed by atoms with E-state index in [4.69, 9.17) is 0 Å². The number of hydrogen-bond acceptors (Lipinski definition) is 4. The van der Waals surface area contributed by atoms with Crippen molar-refractivity contribution in [3.8, 4) is 0 Å². The largest absolute Gasteiger partial charge is 0.755 e. The average Bonchev–Trinajstić information content (AvgIpc) is 2.70. The third-order valence-corrected chi connectivity index (χ3v) is 4.99. The lowest BCUT2D eigenvalue weighted by Gasteiger charge is -2.28. The van der Waals surface area contributed by atoms with E-state index in [1.54, 1.807) is 55.7 Å². The summed E-state index contributed by atoms with van der Waals surface area (Å²) in [6, 6.07) is 15.8. The summed E-state index contributed by atoms with van der Waals surface area (Å²) in [6.45, 7) is 4.08. The lowest BCUT2D eigenvalue weighted by Crippen LogP contribution is -2.24. The highest BCUT2D eigenvalue weighted by atomic mass is 32.2. The Hall–Kier alpha value is -3.03. The van der Waals surface area contributed by atoms with Crippen LogP contribution in [0.1, 0.15) is 27.0 Å². The van der Waals surface area contributed by atoms with Crippen LogP contribution in [-0.2, 0) is 17.8 Å². The highest BCUT2D eigenvalue weighted by molar-refractivity contribution is 7.81. The predicted octanol–water partition coefficient (Wildman–Crippen LogP) is 3.56. The summed E-state index contributed by atoms with van der Waals surface area (Å²) >= 11 is -2.53. The lowest BCUT2D eigenvalue weighted by atomic mass is 10.1.